The van der Waals surface area contributed by atoms with Gasteiger partial charge in [0.15, 0.2) is 6.29 Å². The van der Waals surface area contributed by atoms with Gasteiger partial charge in [-0.2, -0.15) is 0 Å². The quantitative estimate of drug-likeness (QED) is 0.748. The van der Waals surface area contributed by atoms with Crippen molar-refractivity contribution in [2.45, 2.75) is 39.1 Å². The van der Waals surface area contributed by atoms with E-state index in [0.29, 0.717) is 6.61 Å². The summed E-state index contributed by atoms with van der Waals surface area (Å²) in [5, 5.41) is 0. The highest BCUT2D eigenvalue weighted by Gasteiger charge is 2.16. The van der Waals surface area contributed by atoms with Crippen LogP contribution in [0.15, 0.2) is 34.8 Å². The van der Waals surface area contributed by atoms with E-state index in [9.17, 15) is 4.39 Å². The molecule has 2 aromatic rings. The van der Waals surface area contributed by atoms with Gasteiger partial charge in [-0.25, -0.2) is 4.39 Å². The molecule has 0 N–H and O–H groups in total. The fourth-order valence-corrected chi connectivity index (χ4v) is 2.87. The van der Waals surface area contributed by atoms with Crippen LogP contribution in [-0.2, 0) is 16.1 Å². The van der Waals surface area contributed by atoms with Crippen LogP contribution in [0, 0.1) is 12.7 Å². The number of nitrogens with zero attached hydrogens (tertiary/aromatic N) is 1. The van der Waals surface area contributed by atoms with Crippen molar-refractivity contribution in [3.8, 4) is 11.3 Å². The molecule has 122 valence electrons. The van der Waals surface area contributed by atoms with Crippen molar-refractivity contribution >= 4 is 15.9 Å². The number of hydrogen-bond donors (Lipinski definition) is 0. The van der Waals surface area contributed by atoms with E-state index in [1.165, 1.54) is 12.1 Å². The van der Waals surface area contributed by atoms with Crippen LogP contribution >= 0.6 is 15.9 Å². The van der Waals surface area contributed by atoms with Gasteiger partial charge in [-0.15, -0.1) is 0 Å². The van der Waals surface area contributed by atoms with Crippen LogP contribution in [0.1, 0.15) is 30.5 Å². The number of aryl methyl sites for hydroxylation is 1. The minimum atomic E-state index is -0.272. The van der Waals surface area contributed by atoms with Crippen LogP contribution in [-0.4, -0.2) is 17.9 Å². The van der Waals surface area contributed by atoms with E-state index in [4.69, 9.17) is 9.47 Å². The molecule has 0 aliphatic carbocycles. The van der Waals surface area contributed by atoms with Gasteiger partial charge in [0.25, 0.3) is 0 Å². The summed E-state index contributed by atoms with van der Waals surface area (Å²) >= 11 is 3.45. The maximum Gasteiger partial charge on any atom is 0.158 e. The van der Waals surface area contributed by atoms with Crippen molar-refractivity contribution in [3.63, 3.8) is 0 Å². The highest BCUT2D eigenvalue weighted by atomic mass is 79.9. The van der Waals surface area contributed by atoms with Crippen LogP contribution < -0.4 is 0 Å². The second-order valence-corrected chi connectivity index (χ2v) is 6.53. The first kappa shape index (κ1) is 16.6. The normalized spacial score (nSPS) is 18.1. The molecule has 1 saturated heterocycles. The van der Waals surface area contributed by atoms with Crippen LogP contribution in [0.25, 0.3) is 11.3 Å². The summed E-state index contributed by atoms with van der Waals surface area (Å²) in [5.41, 5.74) is 3.38. The maximum absolute atomic E-state index is 13.7. The average Bonchev–Trinajstić information content (AvgIpc) is 2.57. The van der Waals surface area contributed by atoms with E-state index >= 15 is 0 Å². The predicted molar refractivity (Wildman–Crippen MR) is 90.4 cm³/mol. The molecule has 3 nitrogen and oxygen atoms in total. The summed E-state index contributed by atoms with van der Waals surface area (Å²) in [4.78, 5) is 4.57. The van der Waals surface area contributed by atoms with E-state index in [2.05, 4.69) is 20.9 Å². The van der Waals surface area contributed by atoms with Crippen molar-refractivity contribution in [1.29, 1.82) is 0 Å². The number of aromatic nitrogens is 1. The fraction of sp³-hybridized carbons (Fsp3) is 0.389. The van der Waals surface area contributed by atoms with Crippen molar-refractivity contribution in [3.05, 3.63) is 51.9 Å². The Morgan fingerprint density at radius 2 is 2.17 bits per heavy atom. The Balaban J connectivity index is 1.83. The van der Waals surface area contributed by atoms with Crippen molar-refractivity contribution in [1.82, 2.24) is 4.98 Å². The van der Waals surface area contributed by atoms with Crippen LogP contribution in [0.2, 0.25) is 0 Å². The summed E-state index contributed by atoms with van der Waals surface area (Å²) < 4.78 is 26.0. The fourth-order valence-electron chi connectivity index (χ4n) is 2.65. The van der Waals surface area contributed by atoms with E-state index < -0.39 is 0 Å². The molecule has 0 spiro atoms. The summed E-state index contributed by atoms with van der Waals surface area (Å²) in [5.74, 6) is -0.272. The van der Waals surface area contributed by atoms with Crippen molar-refractivity contribution in [2.75, 3.05) is 6.61 Å². The van der Waals surface area contributed by atoms with Gasteiger partial charge >= 0.3 is 0 Å². The Labute approximate surface area is 144 Å². The molecule has 23 heavy (non-hydrogen) atoms. The number of halogens is 2. The third kappa shape index (κ3) is 4.16. The molecule has 1 aliphatic rings. The van der Waals surface area contributed by atoms with Crippen LogP contribution in [0.5, 0.6) is 0 Å². The first-order valence-electron chi connectivity index (χ1n) is 7.78. The van der Waals surface area contributed by atoms with E-state index in [0.717, 1.165) is 52.9 Å². The number of hydrogen-bond acceptors (Lipinski definition) is 3. The highest BCUT2D eigenvalue weighted by molar-refractivity contribution is 9.10. The smallest absolute Gasteiger partial charge is 0.158 e. The molecule has 1 fully saturated rings. The van der Waals surface area contributed by atoms with Gasteiger partial charge in [0.05, 0.1) is 18.0 Å². The van der Waals surface area contributed by atoms with Crippen molar-refractivity contribution < 1.29 is 13.9 Å². The van der Waals surface area contributed by atoms with E-state index in [-0.39, 0.29) is 12.1 Å². The highest BCUT2D eigenvalue weighted by Crippen LogP contribution is 2.27. The predicted octanol–water partition coefficient (Wildman–Crippen LogP) is 5.00. The summed E-state index contributed by atoms with van der Waals surface area (Å²) in [6, 6.07) is 8.60. The third-order valence-corrected chi connectivity index (χ3v) is 4.77. The number of pyridine rings is 1. The second kappa shape index (κ2) is 7.51. The zero-order valence-corrected chi connectivity index (χ0v) is 14.6. The lowest BCUT2D eigenvalue weighted by atomic mass is 10.0. The molecule has 1 aromatic heterocycles. The standard InChI is InChI=1S/C18H19BrFNO2/c1-12-16(19)7-8-17(21-12)15-6-5-14(20)10-13(15)11-23-18-4-2-3-9-22-18/h5-8,10,18H,2-4,9,11H2,1H3. The van der Waals surface area contributed by atoms with Gasteiger partial charge in [0.2, 0.25) is 0 Å². The lowest BCUT2D eigenvalue weighted by Gasteiger charge is -2.23. The Hall–Kier alpha value is -1.30. The molecule has 3 rings (SSSR count). The zero-order valence-electron chi connectivity index (χ0n) is 13.0. The zero-order chi connectivity index (χ0) is 16.2. The Kier molecular flexibility index (Phi) is 5.41. The SMILES string of the molecule is Cc1nc(-c2ccc(F)cc2COC2CCCCO2)ccc1Br. The topological polar surface area (TPSA) is 31.4 Å². The van der Waals surface area contributed by atoms with Crippen molar-refractivity contribution in [2.24, 2.45) is 0 Å². The molecule has 5 heteroatoms. The first-order valence-corrected chi connectivity index (χ1v) is 8.58. The Morgan fingerprint density at radius 3 is 2.91 bits per heavy atom. The van der Waals surface area contributed by atoms with E-state index in [1.807, 2.05) is 19.1 Å². The summed E-state index contributed by atoms with van der Waals surface area (Å²) in [6.45, 7) is 2.98. The first-order chi connectivity index (χ1) is 11.1. The summed E-state index contributed by atoms with van der Waals surface area (Å²) in [7, 11) is 0. The van der Waals surface area contributed by atoms with E-state index in [1.54, 1.807) is 6.07 Å². The number of rotatable bonds is 4. The lowest BCUT2D eigenvalue weighted by Crippen LogP contribution is -2.22. The molecule has 0 bridgehead atoms. The molecule has 2 heterocycles. The van der Waals surface area contributed by atoms with Gasteiger partial charge in [-0.3, -0.25) is 4.98 Å². The molecule has 0 radical (unpaired) electrons. The Bertz CT molecular complexity index is 687. The maximum atomic E-state index is 13.7. The molecule has 1 atom stereocenters. The second-order valence-electron chi connectivity index (χ2n) is 5.67. The number of ether oxygens (including phenoxy) is 2. The minimum Gasteiger partial charge on any atom is -0.353 e. The molecule has 1 aliphatic heterocycles. The monoisotopic (exact) mass is 379 g/mol. The molecule has 1 unspecified atom stereocenters. The minimum absolute atomic E-state index is 0.195. The van der Waals surface area contributed by atoms with Gasteiger partial charge in [-0.1, -0.05) is 0 Å². The molecular formula is C18H19BrFNO2. The van der Waals surface area contributed by atoms with Crippen LogP contribution in [0.3, 0.4) is 0 Å². The van der Waals surface area contributed by atoms with Gasteiger partial charge in [0.1, 0.15) is 5.82 Å². The number of benzene rings is 1. The van der Waals surface area contributed by atoms with Gasteiger partial charge in [-0.05, 0) is 78.0 Å². The molecule has 0 saturated carbocycles. The average molecular weight is 380 g/mol. The van der Waals surface area contributed by atoms with Gasteiger partial charge in [0, 0.05) is 16.6 Å². The Morgan fingerprint density at radius 1 is 1.30 bits per heavy atom. The third-order valence-electron chi connectivity index (χ3n) is 3.93. The summed E-state index contributed by atoms with van der Waals surface area (Å²) in [6.07, 6.45) is 2.88. The lowest BCUT2D eigenvalue weighted by molar-refractivity contribution is -0.168. The van der Waals surface area contributed by atoms with Gasteiger partial charge < -0.3 is 9.47 Å². The molecular weight excluding hydrogens is 361 g/mol. The molecule has 0 amide bonds. The largest absolute Gasteiger partial charge is 0.353 e. The van der Waals surface area contributed by atoms with Crippen LogP contribution in [0.4, 0.5) is 4.39 Å². The molecule has 1 aromatic carbocycles.